The van der Waals surface area contributed by atoms with Crippen molar-refractivity contribution in [3.63, 3.8) is 0 Å². The van der Waals surface area contributed by atoms with E-state index in [-0.39, 0.29) is 0 Å². The lowest BCUT2D eigenvalue weighted by atomic mass is 9.91. The van der Waals surface area contributed by atoms with E-state index in [9.17, 15) is 0 Å². The molecule has 3 aromatic heterocycles. The van der Waals surface area contributed by atoms with Gasteiger partial charge in [-0.25, -0.2) is 0 Å². The normalized spacial score (nSPS) is 12.0. The molecular weight excluding hydrogens is 663 g/mol. The maximum atomic E-state index is 6.19. The Morgan fingerprint density at radius 1 is 0.453 bits per heavy atom. The van der Waals surface area contributed by atoms with Crippen molar-refractivity contribution in [3.05, 3.63) is 175 Å². The van der Waals surface area contributed by atoms with Crippen LogP contribution in [0.15, 0.2) is 168 Å². The summed E-state index contributed by atoms with van der Waals surface area (Å²) in [5, 5.41) is 7.53. The molecule has 0 amide bonds. The van der Waals surface area contributed by atoms with Gasteiger partial charge in [-0.3, -0.25) is 0 Å². The maximum Gasteiger partial charge on any atom is 0.135 e. The number of benzene rings is 8. The summed E-state index contributed by atoms with van der Waals surface area (Å²) in [7, 11) is 0. The van der Waals surface area contributed by atoms with Crippen molar-refractivity contribution < 1.29 is 4.42 Å². The van der Waals surface area contributed by atoms with E-state index in [1.807, 2.05) is 17.4 Å². The summed E-state index contributed by atoms with van der Waals surface area (Å²) in [6, 6.07) is 59.8. The van der Waals surface area contributed by atoms with E-state index in [1.165, 1.54) is 97.3 Å². The Morgan fingerprint density at radius 2 is 1.11 bits per heavy atom. The topological polar surface area (TPSA) is 18.1 Å². The van der Waals surface area contributed by atoms with Crippen molar-refractivity contribution in [1.29, 1.82) is 0 Å². The second-order valence-electron chi connectivity index (χ2n) is 14.2. The van der Waals surface area contributed by atoms with E-state index in [0.717, 1.165) is 16.9 Å². The fraction of sp³-hybridized carbons (Fsp3) is 0.0400. The molecular formula is C50H33NOS. The second kappa shape index (κ2) is 11.5. The number of fused-ring (bicyclic) bond motifs is 9. The lowest BCUT2D eigenvalue weighted by Gasteiger charge is -2.13. The SMILES string of the molecule is Cc1cc(-c2ccc3c(c2)c2cc(-c4cccc5c4sc4ccccc45)ccc2n3-c2ccccc2)ccc1-c1ccc2oc3ccccc3c2c1C. The van der Waals surface area contributed by atoms with Gasteiger partial charge < -0.3 is 8.98 Å². The Morgan fingerprint density at radius 3 is 1.94 bits per heavy atom. The summed E-state index contributed by atoms with van der Waals surface area (Å²) in [5.41, 5.74) is 15.4. The molecule has 250 valence electrons. The largest absolute Gasteiger partial charge is 0.456 e. The molecule has 0 radical (unpaired) electrons. The van der Waals surface area contributed by atoms with Crippen LogP contribution in [0.1, 0.15) is 11.1 Å². The minimum atomic E-state index is 0.933. The monoisotopic (exact) mass is 695 g/mol. The minimum Gasteiger partial charge on any atom is -0.456 e. The van der Waals surface area contributed by atoms with Crippen LogP contribution in [0.2, 0.25) is 0 Å². The maximum absolute atomic E-state index is 6.19. The number of para-hydroxylation sites is 2. The summed E-state index contributed by atoms with van der Waals surface area (Å²) in [5.74, 6) is 0. The fourth-order valence-electron chi connectivity index (χ4n) is 8.62. The number of aryl methyl sites for hydroxylation is 2. The van der Waals surface area contributed by atoms with Crippen LogP contribution in [-0.4, -0.2) is 4.57 Å². The highest BCUT2D eigenvalue weighted by molar-refractivity contribution is 7.26. The van der Waals surface area contributed by atoms with E-state index in [0.29, 0.717) is 0 Å². The van der Waals surface area contributed by atoms with Gasteiger partial charge in [0.25, 0.3) is 0 Å². The lowest BCUT2D eigenvalue weighted by molar-refractivity contribution is 0.669. The molecule has 0 saturated heterocycles. The highest BCUT2D eigenvalue weighted by atomic mass is 32.1. The molecule has 3 heterocycles. The predicted octanol–water partition coefficient (Wildman–Crippen LogP) is 14.7. The Balaban J connectivity index is 1.07. The molecule has 0 spiro atoms. The van der Waals surface area contributed by atoms with Crippen molar-refractivity contribution in [2.75, 3.05) is 0 Å². The average Bonchev–Trinajstić information content (AvgIpc) is 3.88. The summed E-state index contributed by atoms with van der Waals surface area (Å²) in [6.07, 6.45) is 0. The third kappa shape index (κ3) is 4.57. The number of hydrogen-bond donors (Lipinski definition) is 0. The van der Waals surface area contributed by atoms with Crippen LogP contribution in [0.5, 0.6) is 0 Å². The van der Waals surface area contributed by atoms with Crippen molar-refractivity contribution >= 4 is 75.3 Å². The highest BCUT2D eigenvalue weighted by Gasteiger charge is 2.18. The van der Waals surface area contributed by atoms with Gasteiger partial charge in [0.1, 0.15) is 11.2 Å². The molecule has 0 bridgehead atoms. The molecule has 0 atom stereocenters. The third-order valence-electron chi connectivity index (χ3n) is 11.1. The van der Waals surface area contributed by atoms with Crippen molar-refractivity contribution in [2.45, 2.75) is 13.8 Å². The zero-order chi connectivity index (χ0) is 35.2. The van der Waals surface area contributed by atoms with Crippen molar-refractivity contribution in [3.8, 4) is 39.1 Å². The molecule has 8 aromatic carbocycles. The lowest BCUT2D eigenvalue weighted by Crippen LogP contribution is -1.93. The number of thiophene rings is 1. The molecule has 0 aliphatic heterocycles. The van der Waals surface area contributed by atoms with Gasteiger partial charge in [0.05, 0.1) is 11.0 Å². The molecule has 11 rings (SSSR count). The van der Waals surface area contributed by atoms with E-state index < -0.39 is 0 Å². The van der Waals surface area contributed by atoms with Crippen LogP contribution in [0.25, 0.3) is 103 Å². The standard InChI is InChI=1S/C50H33NOS/c1-30-27-32(19-22-36(30)37-23-26-47-49(31(37)2)41-14-6-8-17-46(41)52-47)33-20-24-44-42(28-33)43-29-34(21-25-45(43)51(44)35-11-4-3-5-12-35)38-15-10-16-40-39-13-7-9-18-48(39)53-50(38)40/h3-29H,1-2H3. The Bertz CT molecular complexity index is 3250. The molecule has 2 nitrogen and oxygen atoms in total. The van der Waals surface area contributed by atoms with Crippen LogP contribution >= 0.6 is 11.3 Å². The summed E-state index contributed by atoms with van der Waals surface area (Å²) >= 11 is 1.89. The Hall–Kier alpha value is -6.42. The van der Waals surface area contributed by atoms with Gasteiger partial charge in [0.15, 0.2) is 0 Å². The first kappa shape index (κ1) is 30.2. The number of hydrogen-bond acceptors (Lipinski definition) is 2. The third-order valence-corrected chi connectivity index (χ3v) is 12.4. The van der Waals surface area contributed by atoms with Crippen LogP contribution < -0.4 is 0 Å². The van der Waals surface area contributed by atoms with Gasteiger partial charge in [-0.05, 0) is 113 Å². The molecule has 0 fully saturated rings. The first-order valence-electron chi connectivity index (χ1n) is 18.2. The zero-order valence-corrected chi connectivity index (χ0v) is 30.2. The minimum absolute atomic E-state index is 0.933. The smallest absolute Gasteiger partial charge is 0.135 e. The van der Waals surface area contributed by atoms with Gasteiger partial charge >= 0.3 is 0 Å². The van der Waals surface area contributed by atoms with E-state index >= 15 is 0 Å². The van der Waals surface area contributed by atoms with E-state index in [2.05, 4.69) is 176 Å². The van der Waals surface area contributed by atoms with Crippen molar-refractivity contribution in [2.24, 2.45) is 0 Å². The number of rotatable bonds is 4. The Labute approximate surface area is 310 Å². The molecule has 53 heavy (non-hydrogen) atoms. The summed E-state index contributed by atoms with van der Waals surface area (Å²) in [4.78, 5) is 0. The summed E-state index contributed by atoms with van der Waals surface area (Å²) < 4.78 is 11.3. The van der Waals surface area contributed by atoms with Crippen molar-refractivity contribution in [1.82, 2.24) is 4.57 Å². The van der Waals surface area contributed by atoms with Crippen LogP contribution in [0.3, 0.4) is 0 Å². The fourth-order valence-corrected chi connectivity index (χ4v) is 9.86. The molecule has 3 heteroatoms. The highest BCUT2D eigenvalue weighted by Crippen LogP contribution is 2.43. The predicted molar refractivity (Wildman–Crippen MR) is 227 cm³/mol. The summed E-state index contributed by atoms with van der Waals surface area (Å²) in [6.45, 7) is 4.45. The average molecular weight is 696 g/mol. The van der Waals surface area contributed by atoms with Crippen LogP contribution in [0.4, 0.5) is 0 Å². The first-order chi connectivity index (χ1) is 26.1. The van der Waals surface area contributed by atoms with Gasteiger partial charge in [-0.1, -0.05) is 109 Å². The molecule has 0 unspecified atom stereocenters. The van der Waals surface area contributed by atoms with Gasteiger partial charge in [0, 0.05) is 47.4 Å². The number of nitrogens with zero attached hydrogens (tertiary/aromatic N) is 1. The molecule has 0 aliphatic rings. The van der Waals surface area contributed by atoms with E-state index in [4.69, 9.17) is 4.42 Å². The Kier molecular flexibility index (Phi) is 6.58. The second-order valence-corrected chi connectivity index (χ2v) is 15.2. The molecule has 0 saturated carbocycles. The quantitative estimate of drug-likeness (QED) is 0.179. The van der Waals surface area contributed by atoms with Gasteiger partial charge in [-0.2, -0.15) is 0 Å². The van der Waals surface area contributed by atoms with Crippen LogP contribution in [-0.2, 0) is 0 Å². The molecule has 0 N–H and O–H groups in total. The van der Waals surface area contributed by atoms with Crippen LogP contribution in [0, 0.1) is 13.8 Å². The zero-order valence-electron chi connectivity index (χ0n) is 29.4. The van der Waals surface area contributed by atoms with Gasteiger partial charge in [-0.15, -0.1) is 11.3 Å². The molecule has 11 aromatic rings. The van der Waals surface area contributed by atoms with Gasteiger partial charge in [0.2, 0.25) is 0 Å². The van der Waals surface area contributed by atoms with E-state index in [1.54, 1.807) is 0 Å². The number of aromatic nitrogens is 1. The molecule has 0 aliphatic carbocycles. The number of furan rings is 1. The first-order valence-corrected chi connectivity index (χ1v) is 19.0.